The zero-order chi connectivity index (χ0) is 27.4. The van der Waals surface area contributed by atoms with E-state index < -0.39 is 17.8 Å². The van der Waals surface area contributed by atoms with Gasteiger partial charge in [0.05, 0.1) is 17.3 Å². The van der Waals surface area contributed by atoms with Crippen molar-refractivity contribution in [3.63, 3.8) is 0 Å². The molecule has 0 aliphatic carbocycles. The Kier molecular flexibility index (Phi) is 7.90. The van der Waals surface area contributed by atoms with Gasteiger partial charge in [0.25, 0.3) is 0 Å². The number of tetrazole rings is 1. The number of rotatable bonds is 7. The van der Waals surface area contributed by atoms with E-state index in [0.29, 0.717) is 24.5 Å². The van der Waals surface area contributed by atoms with Crippen LogP contribution in [0.4, 0.5) is 13.2 Å². The second-order valence-electron chi connectivity index (χ2n) is 9.86. The van der Waals surface area contributed by atoms with Crippen molar-refractivity contribution < 1.29 is 13.2 Å². The predicted octanol–water partition coefficient (Wildman–Crippen LogP) is 5.72. The van der Waals surface area contributed by atoms with Crippen molar-refractivity contribution in [3.8, 4) is 5.69 Å². The molecule has 1 aliphatic heterocycles. The van der Waals surface area contributed by atoms with Crippen LogP contribution in [0, 0.1) is 13.8 Å². The van der Waals surface area contributed by atoms with Gasteiger partial charge in [-0.2, -0.15) is 17.9 Å². The molecule has 1 aliphatic rings. The molecule has 5 rings (SSSR count). The molecule has 1 aromatic heterocycles. The van der Waals surface area contributed by atoms with E-state index in [-0.39, 0.29) is 0 Å². The van der Waals surface area contributed by atoms with E-state index in [1.165, 1.54) is 12.1 Å². The van der Waals surface area contributed by atoms with Crippen molar-refractivity contribution in [1.29, 1.82) is 0 Å². The summed E-state index contributed by atoms with van der Waals surface area (Å²) >= 11 is 0. The minimum absolute atomic E-state index is 0.504. The fourth-order valence-corrected chi connectivity index (χ4v) is 5.18. The fraction of sp³-hybridized carbons (Fsp3) is 0.300. The Morgan fingerprint density at radius 2 is 1.56 bits per heavy atom. The number of nitrogens with zero attached hydrogens (tertiary/aromatic N) is 6. The number of halogens is 3. The average Bonchev–Trinajstić information content (AvgIpc) is 3.39. The maximum Gasteiger partial charge on any atom is 0.416 e. The minimum atomic E-state index is -4.44. The lowest BCUT2D eigenvalue weighted by Gasteiger charge is -2.38. The van der Waals surface area contributed by atoms with Gasteiger partial charge < -0.3 is 0 Å². The van der Waals surface area contributed by atoms with Crippen molar-refractivity contribution in [2.45, 2.75) is 26.1 Å². The lowest BCUT2D eigenvalue weighted by molar-refractivity contribution is -0.137. The van der Waals surface area contributed by atoms with Gasteiger partial charge in [-0.25, -0.2) is 0 Å². The Hall–Kier alpha value is -3.82. The number of para-hydroxylation sites is 1. The molecule has 202 valence electrons. The maximum atomic E-state index is 13.7. The monoisotopic (exact) mass is 532 g/mol. The summed E-state index contributed by atoms with van der Waals surface area (Å²) in [4.78, 5) is 4.52. The van der Waals surface area contributed by atoms with Crippen molar-refractivity contribution in [3.05, 3.63) is 113 Å². The Bertz CT molecular complexity index is 1400. The molecule has 0 saturated carbocycles. The predicted molar refractivity (Wildman–Crippen MR) is 145 cm³/mol. The van der Waals surface area contributed by atoms with Crippen molar-refractivity contribution in [2.24, 2.45) is 0 Å². The number of aryl methyl sites for hydroxylation is 2. The Balaban J connectivity index is 1.44. The third-order valence-electron chi connectivity index (χ3n) is 7.16. The van der Waals surface area contributed by atoms with Gasteiger partial charge in [-0.05, 0) is 58.7 Å². The second-order valence-corrected chi connectivity index (χ2v) is 9.86. The van der Waals surface area contributed by atoms with Gasteiger partial charge >= 0.3 is 6.18 Å². The van der Waals surface area contributed by atoms with Gasteiger partial charge in [-0.1, -0.05) is 72.8 Å². The summed E-state index contributed by atoms with van der Waals surface area (Å²) in [5, 5.41) is 12.6. The number of piperazine rings is 1. The van der Waals surface area contributed by atoms with Crippen LogP contribution in [0.3, 0.4) is 0 Å². The lowest BCUT2D eigenvalue weighted by Crippen LogP contribution is -2.48. The molecule has 6 nitrogen and oxygen atoms in total. The number of aromatic nitrogens is 4. The molecule has 4 aromatic rings. The number of benzene rings is 3. The van der Waals surface area contributed by atoms with Gasteiger partial charge in [-0.3, -0.25) is 9.80 Å². The largest absolute Gasteiger partial charge is 0.416 e. The second kappa shape index (κ2) is 11.5. The highest BCUT2D eigenvalue weighted by atomic mass is 19.4. The first-order valence-electron chi connectivity index (χ1n) is 13.0. The van der Waals surface area contributed by atoms with Crippen LogP contribution in [0.15, 0.2) is 78.9 Å². The van der Waals surface area contributed by atoms with Crippen LogP contribution in [0.5, 0.6) is 0 Å². The van der Waals surface area contributed by atoms with E-state index in [1.54, 1.807) is 10.7 Å². The molecule has 0 radical (unpaired) electrons. The Labute approximate surface area is 226 Å². The zero-order valence-corrected chi connectivity index (χ0v) is 22.0. The molecule has 2 heterocycles. The van der Waals surface area contributed by atoms with Crippen LogP contribution >= 0.6 is 0 Å². The first-order chi connectivity index (χ1) is 18.8. The normalized spacial score (nSPS) is 16.1. The van der Waals surface area contributed by atoms with Crippen LogP contribution in [0.1, 0.15) is 39.7 Å². The molecule has 1 saturated heterocycles. The molecule has 39 heavy (non-hydrogen) atoms. The molecule has 0 N–H and O–H groups in total. The van der Waals surface area contributed by atoms with E-state index >= 15 is 0 Å². The average molecular weight is 533 g/mol. The summed E-state index contributed by atoms with van der Waals surface area (Å²) in [5.74, 6) is 0.504. The molecule has 0 amide bonds. The van der Waals surface area contributed by atoms with Gasteiger partial charge in [0, 0.05) is 32.7 Å². The zero-order valence-electron chi connectivity index (χ0n) is 22.0. The summed E-state index contributed by atoms with van der Waals surface area (Å²) in [5.41, 5.74) is 3.81. The highest BCUT2D eigenvalue weighted by Crippen LogP contribution is 2.35. The van der Waals surface area contributed by atoms with E-state index in [1.807, 2.05) is 50.2 Å². The van der Waals surface area contributed by atoms with Crippen LogP contribution in [0.2, 0.25) is 0 Å². The van der Waals surface area contributed by atoms with Crippen LogP contribution in [-0.2, 0) is 6.18 Å². The maximum absolute atomic E-state index is 13.7. The van der Waals surface area contributed by atoms with E-state index in [4.69, 9.17) is 0 Å². The van der Waals surface area contributed by atoms with Gasteiger partial charge in [0.2, 0.25) is 0 Å². The standard InChI is InChI=1S/C30H31F3N6/c1-22-9-6-10-23(2)27(22)39-29(34-35-36-39)28(25-14-7-15-26(21-25)30(31,32)33)38-19-17-37(18-20-38)16-8-13-24-11-4-3-5-12-24/h3-15,21,28H,16-20H2,1-2H3/t28-/m1/s1. The first kappa shape index (κ1) is 26.8. The molecular weight excluding hydrogens is 501 g/mol. The van der Waals surface area contributed by atoms with E-state index in [0.717, 1.165) is 48.1 Å². The van der Waals surface area contributed by atoms with Crippen molar-refractivity contribution in [2.75, 3.05) is 32.7 Å². The minimum Gasteiger partial charge on any atom is -0.297 e. The highest BCUT2D eigenvalue weighted by molar-refractivity contribution is 5.49. The van der Waals surface area contributed by atoms with Crippen LogP contribution in [0.25, 0.3) is 11.8 Å². The Morgan fingerprint density at radius 1 is 0.872 bits per heavy atom. The van der Waals surface area contributed by atoms with Gasteiger partial charge in [0.15, 0.2) is 5.82 Å². The molecule has 0 spiro atoms. The molecular formula is C30H31F3N6. The molecule has 9 heteroatoms. The third-order valence-corrected chi connectivity index (χ3v) is 7.16. The smallest absolute Gasteiger partial charge is 0.297 e. The molecule has 1 atom stereocenters. The number of hydrogen-bond acceptors (Lipinski definition) is 5. The van der Waals surface area contributed by atoms with E-state index in [2.05, 4.69) is 49.6 Å². The SMILES string of the molecule is Cc1cccc(C)c1-n1nnnc1[C@@H](c1cccc(C(F)(F)F)c1)N1CCN(CC=Cc2ccccc2)CC1. The summed E-state index contributed by atoms with van der Waals surface area (Å²) < 4.78 is 42.7. The van der Waals surface area contributed by atoms with Gasteiger partial charge in [-0.15, -0.1) is 5.10 Å². The number of hydrogen-bond donors (Lipinski definition) is 0. The Morgan fingerprint density at radius 3 is 2.26 bits per heavy atom. The van der Waals surface area contributed by atoms with Crippen LogP contribution in [-0.4, -0.2) is 62.7 Å². The van der Waals surface area contributed by atoms with Crippen LogP contribution < -0.4 is 0 Å². The lowest BCUT2D eigenvalue weighted by atomic mass is 10.00. The molecule has 0 bridgehead atoms. The first-order valence-corrected chi connectivity index (χ1v) is 13.0. The summed E-state index contributed by atoms with van der Waals surface area (Å²) in [7, 11) is 0. The topological polar surface area (TPSA) is 50.1 Å². The van der Waals surface area contributed by atoms with Crippen molar-refractivity contribution >= 4 is 6.08 Å². The summed E-state index contributed by atoms with van der Waals surface area (Å²) in [6.45, 7) is 7.65. The molecule has 0 unspecified atom stereocenters. The third kappa shape index (κ3) is 6.10. The number of alkyl halides is 3. The highest BCUT2D eigenvalue weighted by Gasteiger charge is 2.35. The van der Waals surface area contributed by atoms with Gasteiger partial charge in [0.1, 0.15) is 0 Å². The van der Waals surface area contributed by atoms with Crippen molar-refractivity contribution in [1.82, 2.24) is 30.0 Å². The fourth-order valence-electron chi connectivity index (χ4n) is 5.18. The van der Waals surface area contributed by atoms with E-state index in [9.17, 15) is 13.2 Å². The molecule has 1 fully saturated rings. The summed E-state index contributed by atoms with van der Waals surface area (Å²) in [6.07, 6.45) is -0.184. The molecule has 3 aromatic carbocycles. The quantitative estimate of drug-likeness (QED) is 0.305. The summed E-state index contributed by atoms with van der Waals surface area (Å²) in [6, 6.07) is 21.1.